The Balaban J connectivity index is 2.07. The van der Waals surface area contributed by atoms with Gasteiger partial charge in [0.25, 0.3) is 0 Å². The number of amides is 2. The predicted octanol–water partition coefficient (Wildman–Crippen LogP) is 2.71. The molecule has 1 atom stereocenters. The number of rotatable bonds is 4. The number of alkyl halides is 3. The van der Waals surface area contributed by atoms with Gasteiger partial charge >= 0.3 is 12.2 Å². The number of carbonyl (C=O) groups is 1. The van der Waals surface area contributed by atoms with E-state index in [1.807, 2.05) is 0 Å². The lowest BCUT2D eigenvalue weighted by Gasteiger charge is -2.33. The molecule has 1 aliphatic heterocycles. The lowest BCUT2D eigenvalue weighted by molar-refractivity contribution is -0.155. The fourth-order valence-corrected chi connectivity index (χ4v) is 2.68. The van der Waals surface area contributed by atoms with Crippen molar-refractivity contribution in [1.29, 1.82) is 0 Å². The van der Waals surface area contributed by atoms with Crippen LogP contribution in [-0.4, -0.2) is 49.0 Å². The Morgan fingerprint density at radius 2 is 1.92 bits per heavy atom. The minimum atomic E-state index is -4.60. The van der Waals surface area contributed by atoms with Crippen molar-refractivity contribution < 1.29 is 27.8 Å². The standard InChI is InChI=1S/C16H21F3N2O3/c1-24-13-4-2-12(3-5-13)14(16(17,18)19)20-15(23)21-8-6-11(10-22)7-9-21/h2-5,11,14,22H,6-10H2,1H3,(H,20,23). The molecule has 1 aromatic carbocycles. The van der Waals surface area contributed by atoms with Crippen LogP contribution < -0.4 is 10.1 Å². The molecule has 134 valence electrons. The normalized spacial score (nSPS) is 17.5. The van der Waals surface area contributed by atoms with E-state index in [-0.39, 0.29) is 18.1 Å². The zero-order valence-corrected chi connectivity index (χ0v) is 13.3. The average Bonchev–Trinajstić information content (AvgIpc) is 2.58. The molecule has 1 aromatic rings. The molecule has 0 spiro atoms. The number of carbonyl (C=O) groups excluding carboxylic acids is 1. The van der Waals surface area contributed by atoms with E-state index in [1.165, 1.54) is 36.3 Å². The minimum Gasteiger partial charge on any atom is -0.497 e. The Hall–Kier alpha value is -1.96. The molecule has 0 radical (unpaired) electrons. The van der Waals surface area contributed by atoms with Crippen molar-refractivity contribution in [2.75, 3.05) is 26.8 Å². The van der Waals surface area contributed by atoms with Crippen LogP contribution in [0.3, 0.4) is 0 Å². The highest BCUT2D eigenvalue weighted by Gasteiger charge is 2.42. The molecule has 1 saturated heterocycles. The highest BCUT2D eigenvalue weighted by molar-refractivity contribution is 5.75. The zero-order valence-electron chi connectivity index (χ0n) is 13.3. The third kappa shape index (κ3) is 4.53. The first-order valence-electron chi connectivity index (χ1n) is 7.72. The Morgan fingerprint density at radius 3 is 2.38 bits per heavy atom. The van der Waals surface area contributed by atoms with Crippen LogP contribution in [0.1, 0.15) is 24.4 Å². The summed E-state index contributed by atoms with van der Waals surface area (Å²) in [6, 6.07) is 2.60. The molecule has 1 fully saturated rings. The summed E-state index contributed by atoms with van der Waals surface area (Å²) >= 11 is 0. The summed E-state index contributed by atoms with van der Waals surface area (Å²) in [5.74, 6) is 0.547. The first-order chi connectivity index (χ1) is 11.3. The Kier molecular flexibility index (Phi) is 5.93. The van der Waals surface area contributed by atoms with Crippen molar-refractivity contribution in [3.05, 3.63) is 29.8 Å². The van der Waals surface area contributed by atoms with E-state index in [0.29, 0.717) is 31.7 Å². The molecule has 1 unspecified atom stereocenters. The molecule has 0 saturated carbocycles. The topological polar surface area (TPSA) is 61.8 Å². The monoisotopic (exact) mass is 346 g/mol. The van der Waals surface area contributed by atoms with Crippen LogP contribution >= 0.6 is 0 Å². The number of nitrogens with one attached hydrogen (secondary N) is 1. The number of urea groups is 1. The van der Waals surface area contributed by atoms with Gasteiger partial charge in [0.1, 0.15) is 5.75 Å². The van der Waals surface area contributed by atoms with Crippen molar-refractivity contribution in [2.45, 2.75) is 25.1 Å². The van der Waals surface area contributed by atoms with Crippen LogP contribution in [0.5, 0.6) is 5.75 Å². The van der Waals surface area contributed by atoms with Crippen LogP contribution in [0.15, 0.2) is 24.3 Å². The van der Waals surface area contributed by atoms with Crippen molar-refractivity contribution in [1.82, 2.24) is 10.2 Å². The van der Waals surface area contributed by atoms with Gasteiger partial charge in [0.05, 0.1) is 7.11 Å². The van der Waals surface area contributed by atoms with Gasteiger partial charge < -0.3 is 20.1 Å². The van der Waals surface area contributed by atoms with Crippen LogP contribution in [0.4, 0.5) is 18.0 Å². The van der Waals surface area contributed by atoms with Gasteiger partial charge in [-0.3, -0.25) is 0 Å². The molecule has 0 bridgehead atoms. The molecule has 1 aliphatic rings. The summed E-state index contributed by atoms with van der Waals surface area (Å²) in [7, 11) is 1.42. The molecule has 0 aliphatic carbocycles. The van der Waals surface area contributed by atoms with Gasteiger partial charge in [-0.05, 0) is 36.5 Å². The predicted molar refractivity (Wildman–Crippen MR) is 81.7 cm³/mol. The van der Waals surface area contributed by atoms with Crippen molar-refractivity contribution in [2.24, 2.45) is 5.92 Å². The van der Waals surface area contributed by atoms with E-state index in [4.69, 9.17) is 9.84 Å². The fourth-order valence-electron chi connectivity index (χ4n) is 2.68. The summed E-state index contributed by atoms with van der Waals surface area (Å²) in [5.41, 5.74) is -0.0538. The fraction of sp³-hybridized carbons (Fsp3) is 0.562. The van der Waals surface area contributed by atoms with Crippen molar-refractivity contribution in [3.8, 4) is 5.75 Å². The summed E-state index contributed by atoms with van der Waals surface area (Å²) in [4.78, 5) is 13.5. The minimum absolute atomic E-state index is 0.0342. The lowest BCUT2D eigenvalue weighted by Crippen LogP contribution is -2.48. The van der Waals surface area contributed by atoms with Gasteiger partial charge in [0.2, 0.25) is 0 Å². The number of likely N-dealkylation sites (tertiary alicyclic amines) is 1. The molecule has 5 nitrogen and oxygen atoms in total. The van der Waals surface area contributed by atoms with Crippen LogP contribution in [0, 0.1) is 5.92 Å². The van der Waals surface area contributed by atoms with Gasteiger partial charge in [0, 0.05) is 19.7 Å². The summed E-state index contributed by atoms with van der Waals surface area (Å²) in [5, 5.41) is 11.2. The van der Waals surface area contributed by atoms with E-state index in [0.717, 1.165) is 0 Å². The molecule has 2 rings (SSSR count). The Labute approximate surface area is 138 Å². The van der Waals surface area contributed by atoms with E-state index < -0.39 is 18.2 Å². The maximum atomic E-state index is 13.3. The second-order valence-electron chi connectivity index (χ2n) is 5.81. The third-order valence-electron chi connectivity index (χ3n) is 4.20. The van der Waals surface area contributed by atoms with Gasteiger partial charge in [-0.1, -0.05) is 12.1 Å². The van der Waals surface area contributed by atoms with Crippen molar-refractivity contribution in [3.63, 3.8) is 0 Å². The first kappa shape index (κ1) is 18.4. The smallest absolute Gasteiger partial charge is 0.412 e. The molecule has 0 aromatic heterocycles. The number of ether oxygens (including phenoxy) is 1. The molecule has 1 heterocycles. The molecule has 2 N–H and O–H groups in total. The van der Waals surface area contributed by atoms with E-state index in [2.05, 4.69) is 5.32 Å². The van der Waals surface area contributed by atoms with E-state index >= 15 is 0 Å². The van der Waals surface area contributed by atoms with Gasteiger partial charge in [-0.25, -0.2) is 4.79 Å². The Morgan fingerprint density at radius 1 is 1.33 bits per heavy atom. The quantitative estimate of drug-likeness (QED) is 0.881. The maximum Gasteiger partial charge on any atom is 0.412 e. The molecule has 24 heavy (non-hydrogen) atoms. The highest BCUT2D eigenvalue weighted by atomic mass is 19.4. The molecule has 2 amide bonds. The van der Waals surface area contributed by atoms with Gasteiger partial charge in [-0.15, -0.1) is 0 Å². The maximum absolute atomic E-state index is 13.3. The lowest BCUT2D eigenvalue weighted by atomic mass is 9.98. The molecular formula is C16H21F3N2O3. The van der Waals surface area contributed by atoms with Gasteiger partial charge in [-0.2, -0.15) is 13.2 Å². The number of aliphatic hydroxyl groups is 1. The number of benzene rings is 1. The number of nitrogens with zero attached hydrogens (tertiary/aromatic N) is 1. The number of hydrogen-bond donors (Lipinski definition) is 2. The second-order valence-corrected chi connectivity index (χ2v) is 5.81. The highest BCUT2D eigenvalue weighted by Crippen LogP contribution is 2.33. The van der Waals surface area contributed by atoms with E-state index in [9.17, 15) is 18.0 Å². The zero-order chi connectivity index (χ0) is 17.7. The van der Waals surface area contributed by atoms with Gasteiger partial charge in [0.15, 0.2) is 6.04 Å². The largest absolute Gasteiger partial charge is 0.497 e. The Bertz CT molecular complexity index is 540. The second kappa shape index (κ2) is 7.74. The number of aliphatic hydroxyl groups excluding tert-OH is 1. The van der Waals surface area contributed by atoms with Crippen molar-refractivity contribution >= 4 is 6.03 Å². The van der Waals surface area contributed by atoms with Crippen LogP contribution in [-0.2, 0) is 0 Å². The average molecular weight is 346 g/mol. The summed E-state index contributed by atoms with van der Waals surface area (Å²) in [6.07, 6.45) is -3.43. The number of hydrogen-bond acceptors (Lipinski definition) is 3. The summed E-state index contributed by atoms with van der Waals surface area (Å²) < 4.78 is 44.9. The molecular weight excluding hydrogens is 325 g/mol. The van der Waals surface area contributed by atoms with E-state index in [1.54, 1.807) is 0 Å². The van der Waals surface area contributed by atoms with Crippen LogP contribution in [0.25, 0.3) is 0 Å². The summed E-state index contributed by atoms with van der Waals surface area (Å²) in [6.45, 7) is 0.709. The SMILES string of the molecule is COc1ccc(C(NC(=O)N2CCC(CO)CC2)C(F)(F)F)cc1. The molecule has 8 heteroatoms. The third-order valence-corrected chi connectivity index (χ3v) is 4.20. The number of piperidine rings is 1. The first-order valence-corrected chi connectivity index (χ1v) is 7.72. The van der Waals surface area contributed by atoms with Crippen LogP contribution in [0.2, 0.25) is 0 Å². The number of halogens is 3. The number of methoxy groups -OCH3 is 1.